The van der Waals surface area contributed by atoms with Crippen LogP contribution in [-0.2, 0) is 16.9 Å². The van der Waals surface area contributed by atoms with Crippen LogP contribution in [0.3, 0.4) is 0 Å². The molecule has 9 nitrogen and oxygen atoms in total. The number of anilines is 1. The van der Waals surface area contributed by atoms with E-state index in [1.807, 2.05) is 18.2 Å². The number of nitrogens with two attached hydrogens (primary N) is 1. The standard InChI is InChI=1S/C29H32N6O3/c1-38-25-17-20(7-10-23(25)21-5-3-2-4-6-21)18-34-15-12-29(11-14-30,13-16-34)35-19-24(26(31)36)27(33-35)32-28(37)22-8-9-22/h2-7,10,17,19,22H,8-9,11-13,15-16,18H2,1H3,(H2,31,36)(H,32,33,37). The molecule has 2 aliphatic rings. The summed E-state index contributed by atoms with van der Waals surface area (Å²) in [6.07, 6.45) is 4.87. The Hall–Kier alpha value is -4.16. The van der Waals surface area contributed by atoms with Gasteiger partial charge in [0.2, 0.25) is 5.91 Å². The molecule has 2 amide bonds. The molecule has 1 saturated carbocycles. The van der Waals surface area contributed by atoms with Gasteiger partial charge >= 0.3 is 0 Å². The summed E-state index contributed by atoms with van der Waals surface area (Å²) in [5.74, 6) is 0.188. The third-order valence-electron chi connectivity index (χ3n) is 7.61. The van der Waals surface area contributed by atoms with Crippen LogP contribution in [0.15, 0.2) is 54.7 Å². The average molecular weight is 513 g/mol. The molecule has 2 aromatic carbocycles. The Labute approximate surface area is 222 Å². The largest absolute Gasteiger partial charge is 0.496 e. The number of methoxy groups -OCH3 is 1. The Balaban J connectivity index is 1.31. The Bertz CT molecular complexity index is 1360. The predicted molar refractivity (Wildman–Crippen MR) is 143 cm³/mol. The lowest BCUT2D eigenvalue weighted by atomic mass is 9.84. The van der Waals surface area contributed by atoms with Crippen molar-refractivity contribution in [3.8, 4) is 22.9 Å². The van der Waals surface area contributed by atoms with E-state index in [4.69, 9.17) is 10.5 Å². The molecular weight excluding hydrogens is 480 g/mol. The van der Waals surface area contributed by atoms with E-state index in [1.54, 1.807) is 18.0 Å². The molecule has 1 aliphatic heterocycles. The molecule has 1 aromatic heterocycles. The molecule has 1 saturated heterocycles. The molecule has 2 fully saturated rings. The summed E-state index contributed by atoms with van der Waals surface area (Å²) in [6.45, 7) is 2.25. The van der Waals surface area contributed by atoms with Crippen molar-refractivity contribution in [2.45, 2.75) is 44.2 Å². The Kier molecular flexibility index (Phi) is 7.16. The topological polar surface area (TPSA) is 126 Å². The minimum atomic E-state index is -0.653. The number of nitrogens with one attached hydrogen (secondary N) is 1. The van der Waals surface area contributed by atoms with Gasteiger partial charge in [-0.25, -0.2) is 0 Å². The Morgan fingerprint density at radius 1 is 1.18 bits per heavy atom. The number of likely N-dealkylation sites (tertiary alicyclic amines) is 1. The SMILES string of the molecule is COc1cc(CN2CCC(CC#N)(n3cc(C(N)=O)c(NC(=O)C4CC4)n3)CC2)ccc1-c1ccccc1. The van der Waals surface area contributed by atoms with Crippen LogP contribution < -0.4 is 15.8 Å². The van der Waals surface area contributed by atoms with E-state index in [9.17, 15) is 14.9 Å². The number of ether oxygens (including phenoxy) is 1. The lowest BCUT2D eigenvalue weighted by molar-refractivity contribution is -0.117. The summed E-state index contributed by atoms with van der Waals surface area (Å²) in [7, 11) is 1.69. The number of carbonyl (C=O) groups excluding carboxylic acids is 2. The number of nitriles is 1. The second-order valence-electron chi connectivity index (χ2n) is 10.2. The smallest absolute Gasteiger partial charge is 0.254 e. The maximum atomic E-state index is 12.3. The van der Waals surface area contributed by atoms with E-state index >= 15 is 0 Å². The van der Waals surface area contributed by atoms with Gasteiger partial charge in [0.1, 0.15) is 11.3 Å². The lowest BCUT2D eigenvalue weighted by Gasteiger charge is -2.40. The van der Waals surface area contributed by atoms with Gasteiger partial charge in [-0.2, -0.15) is 10.4 Å². The van der Waals surface area contributed by atoms with Gasteiger partial charge < -0.3 is 15.8 Å². The quantitative estimate of drug-likeness (QED) is 0.448. The van der Waals surface area contributed by atoms with E-state index in [1.165, 1.54) is 0 Å². The number of piperidine rings is 1. The fourth-order valence-corrected chi connectivity index (χ4v) is 5.16. The van der Waals surface area contributed by atoms with E-state index < -0.39 is 11.4 Å². The van der Waals surface area contributed by atoms with Crippen LogP contribution in [0.5, 0.6) is 5.75 Å². The van der Waals surface area contributed by atoms with Crippen molar-refractivity contribution in [1.29, 1.82) is 5.26 Å². The van der Waals surface area contributed by atoms with Gasteiger partial charge in [-0.3, -0.25) is 19.2 Å². The summed E-state index contributed by atoms with van der Waals surface area (Å²) < 4.78 is 7.39. The molecule has 0 atom stereocenters. The van der Waals surface area contributed by atoms with Crippen molar-refractivity contribution >= 4 is 17.6 Å². The molecule has 1 aliphatic carbocycles. The second-order valence-corrected chi connectivity index (χ2v) is 10.2. The van der Waals surface area contributed by atoms with Crippen molar-refractivity contribution < 1.29 is 14.3 Å². The Morgan fingerprint density at radius 2 is 1.92 bits per heavy atom. The lowest BCUT2D eigenvalue weighted by Crippen LogP contribution is -2.46. The monoisotopic (exact) mass is 512 g/mol. The number of rotatable bonds is 9. The van der Waals surface area contributed by atoms with Crippen LogP contribution in [0.25, 0.3) is 11.1 Å². The van der Waals surface area contributed by atoms with Gasteiger partial charge in [0.05, 0.1) is 25.1 Å². The minimum absolute atomic E-state index is 0.0300. The normalized spacial score (nSPS) is 16.9. The highest BCUT2D eigenvalue weighted by Gasteiger charge is 2.39. The van der Waals surface area contributed by atoms with Crippen molar-refractivity contribution in [3.05, 3.63) is 65.9 Å². The van der Waals surface area contributed by atoms with Crippen LogP contribution in [0, 0.1) is 17.2 Å². The highest BCUT2D eigenvalue weighted by molar-refractivity contribution is 6.02. The van der Waals surface area contributed by atoms with Crippen molar-refractivity contribution in [3.63, 3.8) is 0 Å². The van der Waals surface area contributed by atoms with Gasteiger partial charge in [0.25, 0.3) is 5.91 Å². The van der Waals surface area contributed by atoms with Gasteiger partial charge in [-0.05, 0) is 42.9 Å². The van der Waals surface area contributed by atoms with Crippen LogP contribution in [0.1, 0.15) is 48.0 Å². The molecule has 3 N–H and O–H groups in total. The van der Waals surface area contributed by atoms with E-state index in [0.717, 1.165) is 54.9 Å². The predicted octanol–water partition coefficient (Wildman–Crippen LogP) is 3.91. The van der Waals surface area contributed by atoms with Crippen molar-refractivity contribution in [2.75, 3.05) is 25.5 Å². The minimum Gasteiger partial charge on any atom is -0.496 e. The number of carbonyl (C=O) groups is 2. The number of amides is 2. The molecule has 0 unspecified atom stereocenters. The fourth-order valence-electron chi connectivity index (χ4n) is 5.16. The first-order valence-electron chi connectivity index (χ1n) is 12.9. The van der Waals surface area contributed by atoms with Crippen molar-refractivity contribution in [1.82, 2.24) is 14.7 Å². The highest BCUT2D eigenvalue weighted by Crippen LogP contribution is 2.37. The van der Waals surface area contributed by atoms with Crippen LogP contribution in [-0.4, -0.2) is 46.7 Å². The summed E-state index contributed by atoms with van der Waals surface area (Å²) in [4.78, 5) is 26.8. The third-order valence-corrected chi connectivity index (χ3v) is 7.61. The zero-order chi connectivity index (χ0) is 26.7. The van der Waals surface area contributed by atoms with E-state index in [-0.39, 0.29) is 29.6 Å². The maximum Gasteiger partial charge on any atom is 0.254 e. The average Bonchev–Trinajstić information content (AvgIpc) is 3.70. The fraction of sp³-hybridized carbons (Fsp3) is 0.379. The van der Waals surface area contributed by atoms with Gasteiger partial charge in [-0.15, -0.1) is 0 Å². The summed E-state index contributed by atoms with van der Waals surface area (Å²) in [5, 5.41) is 17.0. The third kappa shape index (κ3) is 5.27. The molecule has 2 heterocycles. The van der Waals surface area contributed by atoms with Crippen molar-refractivity contribution in [2.24, 2.45) is 11.7 Å². The number of benzene rings is 2. The first-order chi connectivity index (χ1) is 18.4. The zero-order valence-corrected chi connectivity index (χ0v) is 21.5. The van der Waals surface area contributed by atoms with Crippen LogP contribution >= 0.6 is 0 Å². The second kappa shape index (κ2) is 10.7. The number of aromatic nitrogens is 2. The molecule has 9 heteroatoms. The van der Waals surface area contributed by atoms with E-state index in [2.05, 4.69) is 51.7 Å². The van der Waals surface area contributed by atoms with Gasteiger partial charge in [0, 0.05) is 37.3 Å². The number of hydrogen-bond acceptors (Lipinski definition) is 6. The van der Waals surface area contributed by atoms with Gasteiger partial charge in [0.15, 0.2) is 5.82 Å². The molecule has 5 rings (SSSR count). The van der Waals surface area contributed by atoms with Crippen LogP contribution in [0.2, 0.25) is 0 Å². The summed E-state index contributed by atoms with van der Waals surface area (Å²) in [6, 6.07) is 18.8. The molecule has 196 valence electrons. The molecule has 3 aromatic rings. The summed E-state index contributed by atoms with van der Waals surface area (Å²) in [5.41, 5.74) is 8.50. The number of primary amides is 1. The zero-order valence-electron chi connectivity index (χ0n) is 21.5. The van der Waals surface area contributed by atoms with Crippen LogP contribution in [0.4, 0.5) is 5.82 Å². The molecule has 0 bridgehead atoms. The first kappa shape index (κ1) is 25.5. The molecule has 0 radical (unpaired) electrons. The number of nitrogens with zero attached hydrogens (tertiary/aromatic N) is 4. The number of hydrogen-bond donors (Lipinski definition) is 2. The summed E-state index contributed by atoms with van der Waals surface area (Å²) >= 11 is 0. The maximum absolute atomic E-state index is 12.3. The Morgan fingerprint density at radius 3 is 2.55 bits per heavy atom. The molecular formula is C29H32N6O3. The molecule has 38 heavy (non-hydrogen) atoms. The van der Waals surface area contributed by atoms with E-state index in [0.29, 0.717) is 12.8 Å². The first-order valence-corrected chi connectivity index (χ1v) is 12.9. The molecule has 0 spiro atoms. The highest BCUT2D eigenvalue weighted by atomic mass is 16.5. The van der Waals surface area contributed by atoms with Gasteiger partial charge in [-0.1, -0.05) is 42.5 Å².